The highest BCUT2D eigenvalue weighted by molar-refractivity contribution is 6.30. The molecule has 5 nitrogen and oxygen atoms in total. The monoisotopic (exact) mass is 254 g/mol. The maximum Gasteiger partial charge on any atom is 0.181 e. The van der Waals surface area contributed by atoms with Gasteiger partial charge in [0.15, 0.2) is 16.6 Å². The van der Waals surface area contributed by atoms with Gasteiger partial charge in [0.1, 0.15) is 6.61 Å². The van der Waals surface area contributed by atoms with E-state index in [-0.39, 0.29) is 6.10 Å². The minimum absolute atomic E-state index is 0.143. The average Bonchev–Trinajstić information content (AvgIpc) is 2.66. The van der Waals surface area contributed by atoms with Gasteiger partial charge < -0.3 is 4.74 Å². The molecule has 0 fully saturated rings. The Kier molecular flexibility index (Phi) is 3.31. The summed E-state index contributed by atoms with van der Waals surface area (Å²) in [6.07, 6.45) is 0.143. The van der Waals surface area contributed by atoms with Crippen LogP contribution in [-0.2, 0) is 11.3 Å². The maximum absolute atomic E-state index is 6.06. The van der Waals surface area contributed by atoms with E-state index in [4.69, 9.17) is 16.3 Å². The van der Waals surface area contributed by atoms with Gasteiger partial charge in [-0.05, 0) is 33.3 Å². The van der Waals surface area contributed by atoms with E-state index in [9.17, 15) is 0 Å². The Balaban J connectivity index is 2.46. The molecule has 2 rings (SSSR count). The van der Waals surface area contributed by atoms with Gasteiger partial charge in [0.05, 0.1) is 6.10 Å². The smallest absolute Gasteiger partial charge is 0.181 e. The predicted molar refractivity (Wildman–Crippen MR) is 65.2 cm³/mol. The van der Waals surface area contributed by atoms with Gasteiger partial charge in [0, 0.05) is 5.56 Å². The molecule has 2 aromatic rings. The summed E-state index contributed by atoms with van der Waals surface area (Å²) in [4.78, 5) is 0. The molecule has 0 bridgehead atoms. The molecule has 0 saturated carbocycles. The summed E-state index contributed by atoms with van der Waals surface area (Å²) < 4.78 is 7.14. The van der Waals surface area contributed by atoms with Crippen molar-refractivity contribution in [3.63, 3.8) is 0 Å². The molecule has 0 spiro atoms. The Morgan fingerprint density at radius 1 is 1.24 bits per heavy atom. The van der Waals surface area contributed by atoms with Crippen LogP contribution < -0.4 is 0 Å². The van der Waals surface area contributed by atoms with Crippen LogP contribution in [0.25, 0.3) is 5.65 Å². The molecule has 0 atom stereocenters. The minimum Gasteiger partial charge on any atom is -0.371 e. The van der Waals surface area contributed by atoms with Crippen LogP contribution in [0.5, 0.6) is 0 Å². The zero-order valence-electron chi connectivity index (χ0n) is 10.4. The molecule has 0 amide bonds. The van der Waals surface area contributed by atoms with Crippen molar-refractivity contribution in [2.24, 2.45) is 0 Å². The lowest BCUT2D eigenvalue weighted by atomic mass is 10.2. The van der Waals surface area contributed by atoms with Gasteiger partial charge in [0.2, 0.25) is 0 Å². The number of nitrogens with zero attached hydrogens (tertiary/aromatic N) is 4. The highest BCUT2D eigenvalue weighted by atomic mass is 35.5. The first-order valence-electron chi connectivity index (χ1n) is 5.49. The first-order valence-corrected chi connectivity index (χ1v) is 5.87. The van der Waals surface area contributed by atoms with Gasteiger partial charge in [-0.15, -0.1) is 10.2 Å². The molecule has 0 unspecified atom stereocenters. The molecular formula is C11H15ClN4O. The summed E-state index contributed by atoms with van der Waals surface area (Å²) in [5.74, 6) is 0.665. The first kappa shape index (κ1) is 12.3. The van der Waals surface area contributed by atoms with E-state index in [0.29, 0.717) is 17.6 Å². The molecular weight excluding hydrogens is 240 g/mol. The fraction of sp³-hybridized carbons (Fsp3) is 0.545. The van der Waals surface area contributed by atoms with Crippen molar-refractivity contribution in [3.8, 4) is 0 Å². The fourth-order valence-corrected chi connectivity index (χ4v) is 1.68. The number of aromatic nitrogens is 4. The van der Waals surface area contributed by atoms with E-state index < -0.39 is 0 Å². The third-order valence-electron chi connectivity index (χ3n) is 2.65. The van der Waals surface area contributed by atoms with E-state index in [1.165, 1.54) is 0 Å². The molecule has 0 radical (unpaired) electrons. The molecule has 6 heteroatoms. The van der Waals surface area contributed by atoms with E-state index in [1.807, 2.05) is 27.7 Å². The SMILES string of the molecule is Cc1c(Cl)nn2c(COC(C)C)nnc2c1C. The Morgan fingerprint density at radius 3 is 2.59 bits per heavy atom. The van der Waals surface area contributed by atoms with Gasteiger partial charge in [-0.2, -0.15) is 9.61 Å². The lowest BCUT2D eigenvalue weighted by molar-refractivity contribution is 0.0602. The Hall–Kier alpha value is -1.20. The Morgan fingerprint density at radius 2 is 1.94 bits per heavy atom. The second kappa shape index (κ2) is 4.58. The quantitative estimate of drug-likeness (QED) is 0.844. The lowest BCUT2D eigenvalue weighted by Crippen LogP contribution is -2.07. The minimum atomic E-state index is 0.143. The van der Waals surface area contributed by atoms with Crippen molar-refractivity contribution in [1.29, 1.82) is 0 Å². The van der Waals surface area contributed by atoms with Crippen molar-refractivity contribution in [3.05, 3.63) is 22.1 Å². The summed E-state index contributed by atoms with van der Waals surface area (Å²) in [6, 6.07) is 0. The summed E-state index contributed by atoms with van der Waals surface area (Å²) in [7, 11) is 0. The van der Waals surface area contributed by atoms with Crippen molar-refractivity contribution in [2.75, 3.05) is 0 Å². The highest BCUT2D eigenvalue weighted by Crippen LogP contribution is 2.19. The summed E-state index contributed by atoms with van der Waals surface area (Å²) in [5.41, 5.74) is 2.66. The van der Waals surface area contributed by atoms with E-state index >= 15 is 0 Å². The van der Waals surface area contributed by atoms with Crippen LogP contribution in [0.4, 0.5) is 0 Å². The number of rotatable bonds is 3. The molecule has 0 aliphatic heterocycles. The first-order chi connectivity index (χ1) is 8.00. The molecule has 0 aliphatic carbocycles. The third-order valence-corrected chi connectivity index (χ3v) is 3.01. The summed E-state index contributed by atoms with van der Waals surface area (Å²) in [6.45, 7) is 8.20. The largest absolute Gasteiger partial charge is 0.371 e. The third kappa shape index (κ3) is 2.25. The van der Waals surface area contributed by atoms with Gasteiger partial charge in [-0.25, -0.2) is 0 Å². The highest BCUT2D eigenvalue weighted by Gasteiger charge is 2.13. The van der Waals surface area contributed by atoms with Gasteiger partial charge >= 0.3 is 0 Å². The number of ether oxygens (including phenoxy) is 1. The van der Waals surface area contributed by atoms with E-state index in [2.05, 4.69) is 15.3 Å². The van der Waals surface area contributed by atoms with E-state index in [1.54, 1.807) is 4.52 Å². The Labute approximate surface area is 105 Å². The second-order valence-electron chi connectivity index (χ2n) is 4.25. The van der Waals surface area contributed by atoms with Crippen molar-refractivity contribution in [1.82, 2.24) is 19.8 Å². The van der Waals surface area contributed by atoms with E-state index in [0.717, 1.165) is 16.8 Å². The topological polar surface area (TPSA) is 52.3 Å². The number of aryl methyl sites for hydroxylation is 1. The fourth-order valence-electron chi connectivity index (χ4n) is 1.47. The molecule has 0 N–H and O–H groups in total. The molecule has 92 valence electrons. The van der Waals surface area contributed by atoms with Gasteiger partial charge in [0.25, 0.3) is 0 Å². The molecule has 0 aliphatic rings. The number of hydrogen-bond acceptors (Lipinski definition) is 4. The molecule has 2 aromatic heterocycles. The van der Waals surface area contributed by atoms with Crippen molar-refractivity contribution in [2.45, 2.75) is 40.4 Å². The van der Waals surface area contributed by atoms with Gasteiger partial charge in [-0.1, -0.05) is 11.6 Å². The standard InChI is InChI=1S/C11H15ClN4O/c1-6(2)17-5-9-13-14-11-8(4)7(3)10(12)15-16(9)11/h6H,5H2,1-4H3. The van der Waals surface area contributed by atoms with Crippen LogP contribution in [0.15, 0.2) is 0 Å². The van der Waals surface area contributed by atoms with Crippen LogP contribution in [0.2, 0.25) is 5.15 Å². The normalized spacial score (nSPS) is 11.6. The molecule has 17 heavy (non-hydrogen) atoms. The van der Waals surface area contributed by atoms with Crippen LogP contribution in [0.1, 0.15) is 30.8 Å². The number of fused-ring (bicyclic) bond motifs is 1. The Bertz CT molecular complexity index is 550. The number of hydrogen-bond donors (Lipinski definition) is 0. The van der Waals surface area contributed by atoms with Crippen LogP contribution in [-0.4, -0.2) is 25.9 Å². The molecule has 2 heterocycles. The average molecular weight is 255 g/mol. The van der Waals surface area contributed by atoms with Gasteiger partial charge in [-0.3, -0.25) is 0 Å². The van der Waals surface area contributed by atoms with Crippen molar-refractivity contribution < 1.29 is 4.74 Å². The zero-order chi connectivity index (χ0) is 12.6. The molecule has 0 aromatic carbocycles. The second-order valence-corrected chi connectivity index (χ2v) is 4.61. The summed E-state index contributed by atoms with van der Waals surface area (Å²) in [5, 5.41) is 12.9. The zero-order valence-corrected chi connectivity index (χ0v) is 11.1. The number of halogens is 1. The lowest BCUT2D eigenvalue weighted by Gasteiger charge is -2.07. The molecule has 0 saturated heterocycles. The summed E-state index contributed by atoms with van der Waals surface area (Å²) >= 11 is 6.06. The predicted octanol–water partition coefficient (Wildman–Crippen LogP) is 2.32. The van der Waals surface area contributed by atoms with Crippen LogP contribution >= 0.6 is 11.6 Å². The van der Waals surface area contributed by atoms with Crippen LogP contribution in [0, 0.1) is 13.8 Å². The van der Waals surface area contributed by atoms with Crippen molar-refractivity contribution >= 4 is 17.2 Å². The van der Waals surface area contributed by atoms with Crippen LogP contribution in [0.3, 0.4) is 0 Å². The maximum atomic E-state index is 6.06.